The van der Waals surface area contributed by atoms with Crippen LogP contribution in [0.4, 0.5) is 0 Å². The third-order valence-electron chi connectivity index (χ3n) is 5.30. The monoisotopic (exact) mass is 495 g/mol. The molecule has 0 aliphatic heterocycles. The van der Waals surface area contributed by atoms with Crippen LogP contribution in [-0.4, -0.2) is 45.6 Å². The summed E-state index contributed by atoms with van der Waals surface area (Å²) in [6.07, 6.45) is 2.44. The van der Waals surface area contributed by atoms with Gasteiger partial charge in [-0.2, -0.15) is 9.41 Å². The Labute approximate surface area is 206 Å². The van der Waals surface area contributed by atoms with Crippen molar-refractivity contribution in [3.05, 3.63) is 89.5 Å². The lowest BCUT2D eigenvalue weighted by molar-refractivity contribution is -0.121. The minimum absolute atomic E-state index is 0.0147. The van der Waals surface area contributed by atoms with Crippen LogP contribution in [0.3, 0.4) is 0 Å². The highest BCUT2D eigenvalue weighted by molar-refractivity contribution is 7.89. The maximum absolute atomic E-state index is 13.6. The molecule has 3 aromatic carbocycles. The predicted octanol–water partition coefficient (Wildman–Crippen LogP) is 3.61. The SMILES string of the molecule is CCc1ccc(C=NNC(=O)CN(Cc2ccccc2)S(=O)(=O)c2cc(OC)ccc2OC)cc1. The van der Waals surface area contributed by atoms with E-state index < -0.39 is 22.5 Å². The molecule has 184 valence electrons. The number of hydrazone groups is 1. The quantitative estimate of drug-likeness (QED) is 0.324. The standard InChI is InChI=1S/C26H29N3O5S/c1-4-20-10-12-21(13-11-20)17-27-28-26(30)19-29(18-22-8-6-5-7-9-22)35(31,32)25-16-23(33-2)14-15-24(25)34-3/h5-17H,4,18-19H2,1-3H3,(H,28,30). The summed E-state index contributed by atoms with van der Waals surface area (Å²) >= 11 is 0. The highest BCUT2D eigenvalue weighted by Gasteiger charge is 2.30. The van der Waals surface area contributed by atoms with Crippen molar-refractivity contribution in [3.8, 4) is 11.5 Å². The topological polar surface area (TPSA) is 97.3 Å². The third-order valence-corrected chi connectivity index (χ3v) is 7.11. The second-order valence-electron chi connectivity index (χ2n) is 7.66. The highest BCUT2D eigenvalue weighted by Crippen LogP contribution is 2.31. The molecule has 0 saturated carbocycles. The summed E-state index contributed by atoms with van der Waals surface area (Å²) in [5.41, 5.74) is 5.16. The zero-order chi connectivity index (χ0) is 25.3. The van der Waals surface area contributed by atoms with Crippen LogP contribution in [0.1, 0.15) is 23.6 Å². The average Bonchev–Trinajstić information content (AvgIpc) is 2.88. The van der Waals surface area contributed by atoms with Gasteiger partial charge in [-0.15, -0.1) is 0 Å². The van der Waals surface area contributed by atoms with E-state index in [0.717, 1.165) is 21.9 Å². The van der Waals surface area contributed by atoms with Gasteiger partial charge >= 0.3 is 0 Å². The van der Waals surface area contributed by atoms with Crippen molar-refractivity contribution < 1.29 is 22.7 Å². The summed E-state index contributed by atoms with van der Waals surface area (Å²) < 4.78 is 38.9. The van der Waals surface area contributed by atoms with Gasteiger partial charge in [0.2, 0.25) is 10.0 Å². The maximum atomic E-state index is 13.6. The van der Waals surface area contributed by atoms with E-state index in [4.69, 9.17) is 9.47 Å². The Hall–Kier alpha value is -3.69. The van der Waals surface area contributed by atoms with Crippen molar-refractivity contribution in [2.24, 2.45) is 5.10 Å². The number of carbonyl (C=O) groups excluding carboxylic acids is 1. The predicted molar refractivity (Wildman–Crippen MR) is 135 cm³/mol. The van der Waals surface area contributed by atoms with Gasteiger partial charge in [-0.25, -0.2) is 13.8 Å². The Morgan fingerprint density at radius 2 is 1.69 bits per heavy atom. The number of benzene rings is 3. The van der Waals surface area contributed by atoms with Gasteiger partial charge in [-0.05, 0) is 35.2 Å². The van der Waals surface area contributed by atoms with Gasteiger partial charge in [-0.1, -0.05) is 61.5 Å². The zero-order valence-electron chi connectivity index (χ0n) is 20.0. The van der Waals surface area contributed by atoms with E-state index >= 15 is 0 Å². The number of nitrogens with one attached hydrogen (secondary N) is 1. The molecule has 35 heavy (non-hydrogen) atoms. The van der Waals surface area contributed by atoms with E-state index in [1.807, 2.05) is 30.3 Å². The third kappa shape index (κ3) is 6.91. The molecular weight excluding hydrogens is 466 g/mol. The van der Waals surface area contributed by atoms with Gasteiger partial charge in [0.05, 0.1) is 27.0 Å². The van der Waals surface area contributed by atoms with Crippen LogP contribution in [0.15, 0.2) is 82.8 Å². The van der Waals surface area contributed by atoms with Gasteiger partial charge < -0.3 is 9.47 Å². The van der Waals surface area contributed by atoms with Crippen LogP contribution in [-0.2, 0) is 27.8 Å². The van der Waals surface area contributed by atoms with Gasteiger partial charge in [0.15, 0.2) is 0 Å². The lowest BCUT2D eigenvalue weighted by Gasteiger charge is -2.23. The summed E-state index contributed by atoms with van der Waals surface area (Å²) in [6.45, 7) is 1.61. The molecule has 0 saturated heterocycles. The molecule has 0 spiro atoms. The minimum atomic E-state index is -4.14. The van der Waals surface area contributed by atoms with Crippen LogP contribution in [0.2, 0.25) is 0 Å². The molecule has 1 amide bonds. The van der Waals surface area contributed by atoms with Crippen LogP contribution in [0, 0.1) is 0 Å². The molecule has 1 N–H and O–H groups in total. The number of rotatable bonds is 11. The summed E-state index contributed by atoms with van der Waals surface area (Å²) in [7, 11) is -1.31. The van der Waals surface area contributed by atoms with Crippen LogP contribution in [0.5, 0.6) is 11.5 Å². The molecule has 0 heterocycles. The molecule has 3 aromatic rings. The van der Waals surface area contributed by atoms with E-state index in [1.54, 1.807) is 30.3 Å². The maximum Gasteiger partial charge on any atom is 0.255 e. The van der Waals surface area contributed by atoms with E-state index in [1.165, 1.54) is 38.1 Å². The number of aryl methyl sites for hydroxylation is 1. The summed E-state index contributed by atoms with van der Waals surface area (Å²) in [4.78, 5) is 12.6. The lowest BCUT2D eigenvalue weighted by Crippen LogP contribution is -2.39. The van der Waals surface area contributed by atoms with Crippen molar-refractivity contribution in [1.82, 2.24) is 9.73 Å². The zero-order valence-corrected chi connectivity index (χ0v) is 20.8. The Kier molecular flexibility index (Phi) is 8.99. The molecule has 0 atom stereocenters. The largest absolute Gasteiger partial charge is 0.497 e. The van der Waals surface area contributed by atoms with Crippen LogP contribution in [0.25, 0.3) is 0 Å². The first kappa shape index (κ1) is 25.9. The fourth-order valence-corrected chi connectivity index (χ4v) is 4.91. The smallest absolute Gasteiger partial charge is 0.255 e. The highest BCUT2D eigenvalue weighted by atomic mass is 32.2. The minimum Gasteiger partial charge on any atom is -0.497 e. The Balaban J connectivity index is 1.84. The first-order chi connectivity index (χ1) is 16.9. The summed E-state index contributed by atoms with van der Waals surface area (Å²) in [5.74, 6) is -0.0715. The molecule has 0 aromatic heterocycles. The molecule has 0 aliphatic rings. The van der Waals surface area contributed by atoms with Crippen molar-refractivity contribution in [1.29, 1.82) is 0 Å². The number of hydrogen-bond acceptors (Lipinski definition) is 6. The first-order valence-electron chi connectivity index (χ1n) is 11.0. The van der Waals surface area contributed by atoms with E-state index in [0.29, 0.717) is 5.75 Å². The normalized spacial score (nSPS) is 11.5. The molecule has 0 aliphatic carbocycles. The number of carbonyl (C=O) groups is 1. The number of nitrogens with zero attached hydrogens (tertiary/aromatic N) is 2. The van der Waals surface area contributed by atoms with Crippen LogP contribution < -0.4 is 14.9 Å². The van der Waals surface area contributed by atoms with Crippen molar-refractivity contribution in [2.45, 2.75) is 24.8 Å². The second kappa shape index (κ2) is 12.1. The van der Waals surface area contributed by atoms with E-state index in [9.17, 15) is 13.2 Å². The van der Waals surface area contributed by atoms with Gasteiger partial charge in [0, 0.05) is 12.6 Å². The molecule has 0 radical (unpaired) electrons. The molecule has 3 rings (SSSR count). The molecule has 8 nitrogen and oxygen atoms in total. The van der Waals surface area contributed by atoms with E-state index in [-0.39, 0.29) is 17.2 Å². The summed E-state index contributed by atoms with van der Waals surface area (Å²) in [5, 5.41) is 3.98. The van der Waals surface area contributed by atoms with Gasteiger partial charge in [0.25, 0.3) is 5.91 Å². The molecule has 9 heteroatoms. The Morgan fingerprint density at radius 1 is 0.971 bits per heavy atom. The second-order valence-corrected chi connectivity index (χ2v) is 9.57. The molecule has 0 fully saturated rings. The Morgan fingerprint density at radius 3 is 2.31 bits per heavy atom. The number of sulfonamides is 1. The van der Waals surface area contributed by atoms with Crippen molar-refractivity contribution >= 4 is 22.1 Å². The molecule has 0 bridgehead atoms. The number of amides is 1. The first-order valence-corrected chi connectivity index (χ1v) is 12.5. The Bertz CT molecular complexity index is 1260. The van der Waals surface area contributed by atoms with Crippen molar-refractivity contribution in [2.75, 3.05) is 20.8 Å². The van der Waals surface area contributed by atoms with Gasteiger partial charge in [0.1, 0.15) is 16.4 Å². The molecular formula is C26H29N3O5S. The fourth-order valence-electron chi connectivity index (χ4n) is 3.35. The number of hydrogen-bond donors (Lipinski definition) is 1. The number of ether oxygens (including phenoxy) is 2. The van der Waals surface area contributed by atoms with E-state index in [2.05, 4.69) is 17.5 Å². The van der Waals surface area contributed by atoms with Crippen LogP contribution >= 0.6 is 0 Å². The van der Waals surface area contributed by atoms with Gasteiger partial charge in [-0.3, -0.25) is 4.79 Å². The molecule has 0 unspecified atom stereocenters. The summed E-state index contributed by atoms with van der Waals surface area (Å²) in [6, 6.07) is 21.3. The average molecular weight is 496 g/mol. The lowest BCUT2D eigenvalue weighted by atomic mass is 10.1. The number of methoxy groups -OCH3 is 2. The fraction of sp³-hybridized carbons (Fsp3) is 0.231. The van der Waals surface area contributed by atoms with Crippen molar-refractivity contribution in [3.63, 3.8) is 0 Å².